The summed E-state index contributed by atoms with van der Waals surface area (Å²) in [6.07, 6.45) is 7.71. The van der Waals surface area contributed by atoms with Gasteiger partial charge in [0.25, 0.3) is 5.91 Å². The Bertz CT molecular complexity index is 848. The second-order valence-electron chi connectivity index (χ2n) is 8.91. The number of carbonyl (C=O) groups excluding carboxylic acids is 1. The highest BCUT2D eigenvalue weighted by Crippen LogP contribution is 2.43. The highest BCUT2D eigenvalue weighted by Gasteiger charge is 2.48. The molecular weight excluding hydrogens is 383 g/mol. The van der Waals surface area contributed by atoms with Gasteiger partial charge < -0.3 is 4.90 Å². The van der Waals surface area contributed by atoms with Crippen molar-refractivity contribution in [3.05, 3.63) is 58.0 Å². The number of halogens is 1. The van der Waals surface area contributed by atoms with Crippen LogP contribution in [0.15, 0.2) is 41.1 Å². The van der Waals surface area contributed by atoms with Crippen LogP contribution >= 0.6 is 11.3 Å². The molecule has 154 valence electrons. The molecule has 2 saturated heterocycles. The molecule has 0 unspecified atom stereocenters. The van der Waals surface area contributed by atoms with Crippen LogP contribution in [-0.4, -0.2) is 47.4 Å². The van der Waals surface area contributed by atoms with Crippen molar-refractivity contribution in [1.29, 1.82) is 0 Å². The van der Waals surface area contributed by atoms with Gasteiger partial charge in [0.2, 0.25) is 0 Å². The molecule has 3 heterocycles. The zero-order valence-electron chi connectivity index (χ0n) is 16.8. The van der Waals surface area contributed by atoms with Gasteiger partial charge in [-0.2, -0.15) is 11.3 Å². The monoisotopic (exact) mass is 412 g/mol. The fourth-order valence-corrected chi connectivity index (χ4v) is 6.63. The molecule has 1 aliphatic carbocycles. The van der Waals surface area contributed by atoms with Crippen molar-refractivity contribution >= 4 is 17.2 Å². The minimum absolute atomic E-state index is 0.137. The quantitative estimate of drug-likeness (QED) is 0.696. The molecule has 3 fully saturated rings. The third-order valence-electron chi connectivity index (χ3n) is 7.39. The van der Waals surface area contributed by atoms with E-state index < -0.39 is 5.82 Å². The Morgan fingerprint density at radius 3 is 2.62 bits per heavy atom. The number of carbonyl (C=O) groups is 1. The molecule has 2 aliphatic heterocycles. The first-order valence-electron chi connectivity index (χ1n) is 11.0. The molecule has 0 N–H and O–H groups in total. The van der Waals surface area contributed by atoms with Crippen molar-refractivity contribution in [2.24, 2.45) is 5.92 Å². The SMILES string of the molecule is O=C(c1ccccc1F)N1C[C@H](c2ccsc2)[C@H]2CN(C3CCCCC3)CC[C@H]21. The third-order valence-corrected chi connectivity index (χ3v) is 8.09. The summed E-state index contributed by atoms with van der Waals surface area (Å²) in [5.74, 6) is 0.249. The molecular formula is C24H29FN2OS. The maximum Gasteiger partial charge on any atom is 0.257 e. The first kappa shape index (κ1) is 19.3. The van der Waals surface area contributed by atoms with Crippen LogP contribution in [0.4, 0.5) is 4.39 Å². The molecule has 0 spiro atoms. The number of benzene rings is 1. The molecule has 3 atom stereocenters. The fourth-order valence-electron chi connectivity index (χ4n) is 5.90. The van der Waals surface area contributed by atoms with E-state index in [4.69, 9.17) is 0 Å². The lowest BCUT2D eigenvalue weighted by molar-refractivity contribution is 0.0492. The minimum Gasteiger partial charge on any atom is -0.335 e. The number of rotatable bonds is 3. The zero-order valence-corrected chi connectivity index (χ0v) is 17.6. The average Bonchev–Trinajstić information content (AvgIpc) is 3.42. The number of amides is 1. The van der Waals surface area contributed by atoms with Gasteiger partial charge in [-0.05, 0) is 53.8 Å². The van der Waals surface area contributed by atoms with Gasteiger partial charge in [-0.3, -0.25) is 9.69 Å². The van der Waals surface area contributed by atoms with Crippen LogP contribution in [0.25, 0.3) is 0 Å². The highest BCUT2D eigenvalue weighted by atomic mass is 32.1. The Kier molecular flexibility index (Phi) is 5.44. The standard InChI is InChI=1S/C24H29FN2OS/c25-22-9-5-4-8-19(22)24(28)27-15-20(17-11-13-29-16-17)21-14-26(12-10-23(21)27)18-6-2-1-3-7-18/h4-5,8-9,11,13,16,18,20-21,23H,1-3,6-7,10,12,14-15H2/t20-,21-,23-/m1/s1. The van der Waals surface area contributed by atoms with Gasteiger partial charge in [0.05, 0.1) is 5.56 Å². The van der Waals surface area contributed by atoms with E-state index in [0.717, 1.165) is 19.5 Å². The molecule has 0 radical (unpaired) electrons. The van der Waals surface area contributed by atoms with E-state index in [2.05, 4.69) is 21.7 Å². The Labute approximate surface area is 176 Å². The predicted octanol–water partition coefficient (Wildman–Crippen LogP) is 5.15. The summed E-state index contributed by atoms with van der Waals surface area (Å²) in [7, 11) is 0. The third kappa shape index (κ3) is 3.64. The van der Waals surface area contributed by atoms with E-state index in [9.17, 15) is 9.18 Å². The minimum atomic E-state index is -0.410. The van der Waals surface area contributed by atoms with Crippen LogP contribution in [0.5, 0.6) is 0 Å². The summed E-state index contributed by atoms with van der Waals surface area (Å²) < 4.78 is 14.3. The molecule has 1 saturated carbocycles. The van der Waals surface area contributed by atoms with E-state index in [1.165, 1.54) is 43.7 Å². The van der Waals surface area contributed by atoms with Crippen molar-refractivity contribution in [3.8, 4) is 0 Å². The molecule has 1 aromatic heterocycles. The summed E-state index contributed by atoms with van der Waals surface area (Å²) in [6.45, 7) is 2.83. The van der Waals surface area contributed by atoms with Crippen LogP contribution in [0.1, 0.15) is 60.4 Å². The van der Waals surface area contributed by atoms with Crippen LogP contribution in [-0.2, 0) is 0 Å². The van der Waals surface area contributed by atoms with Crippen molar-refractivity contribution < 1.29 is 9.18 Å². The van der Waals surface area contributed by atoms with Crippen LogP contribution in [0, 0.1) is 11.7 Å². The second kappa shape index (κ2) is 8.19. The lowest BCUT2D eigenvalue weighted by Gasteiger charge is -2.43. The van der Waals surface area contributed by atoms with Crippen LogP contribution in [0.3, 0.4) is 0 Å². The normalized spacial score (nSPS) is 28.4. The number of piperidine rings is 1. The van der Waals surface area contributed by atoms with E-state index in [0.29, 0.717) is 24.4 Å². The molecule has 1 amide bonds. The van der Waals surface area contributed by atoms with Crippen LogP contribution in [0.2, 0.25) is 0 Å². The lowest BCUT2D eigenvalue weighted by atomic mass is 9.81. The Morgan fingerprint density at radius 1 is 1.03 bits per heavy atom. The van der Waals surface area contributed by atoms with E-state index >= 15 is 0 Å². The number of hydrogen-bond donors (Lipinski definition) is 0. The Hall–Kier alpha value is -1.72. The van der Waals surface area contributed by atoms with E-state index in [1.54, 1.807) is 29.5 Å². The Balaban J connectivity index is 1.41. The van der Waals surface area contributed by atoms with Gasteiger partial charge in [0, 0.05) is 43.6 Å². The van der Waals surface area contributed by atoms with Gasteiger partial charge in [-0.1, -0.05) is 31.4 Å². The van der Waals surface area contributed by atoms with E-state index in [-0.39, 0.29) is 17.5 Å². The van der Waals surface area contributed by atoms with Crippen molar-refractivity contribution in [2.45, 2.75) is 56.5 Å². The Morgan fingerprint density at radius 2 is 1.86 bits per heavy atom. The summed E-state index contributed by atoms with van der Waals surface area (Å²) in [4.78, 5) is 18.0. The van der Waals surface area contributed by atoms with Gasteiger partial charge in [-0.15, -0.1) is 0 Å². The molecule has 5 rings (SSSR count). The number of nitrogens with zero attached hydrogens (tertiary/aromatic N) is 2. The fraction of sp³-hybridized carbons (Fsp3) is 0.542. The zero-order chi connectivity index (χ0) is 19.8. The van der Waals surface area contributed by atoms with E-state index in [1.807, 2.05) is 4.90 Å². The van der Waals surface area contributed by atoms with Gasteiger partial charge in [0.1, 0.15) is 5.82 Å². The molecule has 1 aromatic carbocycles. The van der Waals surface area contributed by atoms with Crippen molar-refractivity contribution in [2.75, 3.05) is 19.6 Å². The van der Waals surface area contributed by atoms with Gasteiger partial charge in [0.15, 0.2) is 0 Å². The smallest absolute Gasteiger partial charge is 0.257 e. The lowest BCUT2D eigenvalue weighted by Crippen LogP contribution is -2.51. The number of hydrogen-bond acceptors (Lipinski definition) is 3. The largest absolute Gasteiger partial charge is 0.335 e. The summed E-state index contributed by atoms with van der Waals surface area (Å²) in [5, 5.41) is 4.37. The molecule has 3 aliphatic rings. The average molecular weight is 413 g/mol. The summed E-state index contributed by atoms with van der Waals surface area (Å²) in [5.41, 5.74) is 1.56. The predicted molar refractivity (Wildman–Crippen MR) is 115 cm³/mol. The summed E-state index contributed by atoms with van der Waals surface area (Å²) >= 11 is 1.73. The molecule has 29 heavy (non-hydrogen) atoms. The van der Waals surface area contributed by atoms with Crippen LogP contribution < -0.4 is 0 Å². The van der Waals surface area contributed by atoms with Crippen molar-refractivity contribution in [1.82, 2.24) is 9.80 Å². The highest BCUT2D eigenvalue weighted by molar-refractivity contribution is 7.08. The van der Waals surface area contributed by atoms with Gasteiger partial charge >= 0.3 is 0 Å². The van der Waals surface area contributed by atoms with Gasteiger partial charge in [-0.25, -0.2) is 4.39 Å². The first-order valence-corrected chi connectivity index (χ1v) is 12.0. The number of likely N-dealkylation sites (tertiary alicyclic amines) is 2. The molecule has 5 heteroatoms. The topological polar surface area (TPSA) is 23.6 Å². The van der Waals surface area contributed by atoms with Crippen molar-refractivity contribution in [3.63, 3.8) is 0 Å². The molecule has 3 nitrogen and oxygen atoms in total. The number of thiophene rings is 1. The first-order chi connectivity index (χ1) is 14.2. The summed E-state index contributed by atoms with van der Waals surface area (Å²) in [6, 6.07) is 9.56. The number of fused-ring (bicyclic) bond motifs is 1. The second-order valence-corrected chi connectivity index (χ2v) is 9.69. The molecule has 2 aromatic rings. The maximum atomic E-state index is 14.3. The maximum absolute atomic E-state index is 14.3. The molecule has 0 bridgehead atoms.